The Morgan fingerprint density at radius 1 is 1.32 bits per heavy atom. The van der Waals surface area contributed by atoms with E-state index >= 15 is 0 Å². The van der Waals surface area contributed by atoms with Gasteiger partial charge in [0.15, 0.2) is 0 Å². The molecule has 1 atom stereocenters. The summed E-state index contributed by atoms with van der Waals surface area (Å²) < 4.78 is 15.6. The van der Waals surface area contributed by atoms with Crippen LogP contribution in [0.25, 0.3) is 0 Å². The highest BCUT2D eigenvalue weighted by Crippen LogP contribution is 2.29. The fraction of sp³-hybridized carbons (Fsp3) is 0.846. The summed E-state index contributed by atoms with van der Waals surface area (Å²) in [6.45, 7) is 9.17. The number of rotatable bonds is 1. The van der Waals surface area contributed by atoms with Crippen LogP contribution in [-0.2, 0) is 19.0 Å². The topological polar surface area (TPSA) is 65.1 Å². The number of hydrogen-bond donors (Lipinski definition) is 0. The van der Waals surface area contributed by atoms with Crippen LogP contribution in [-0.4, -0.2) is 48.0 Å². The van der Waals surface area contributed by atoms with Crippen molar-refractivity contribution in [2.24, 2.45) is 0 Å². The van der Waals surface area contributed by atoms with E-state index in [-0.39, 0.29) is 0 Å². The number of nitrogens with zero attached hydrogens (tertiary/aromatic N) is 1. The maximum atomic E-state index is 12.3. The van der Waals surface area contributed by atoms with E-state index in [1.54, 1.807) is 34.6 Å². The predicted octanol–water partition coefficient (Wildman–Crippen LogP) is 1.92. The van der Waals surface area contributed by atoms with Gasteiger partial charge < -0.3 is 14.2 Å². The van der Waals surface area contributed by atoms with E-state index in [0.29, 0.717) is 13.0 Å². The number of methoxy groups -OCH3 is 1. The summed E-state index contributed by atoms with van der Waals surface area (Å²) in [6, 6.07) is -0.677. The van der Waals surface area contributed by atoms with Crippen molar-refractivity contribution in [2.45, 2.75) is 58.4 Å². The molecule has 6 heteroatoms. The van der Waals surface area contributed by atoms with E-state index in [0.717, 1.165) is 0 Å². The second-order valence-corrected chi connectivity index (χ2v) is 5.97. The van der Waals surface area contributed by atoms with Gasteiger partial charge in [-0.05, 0) is 34.6 Å². The van der Waals surface area contributed by atoms with Gasteiger partial charge in [-0.3, -0.25) is 4.90 Å². The summed E-state index contributed by atoms with van der Waals surface area (Å²) in [7, 11) is 1.30. The minimum atomic E-state index is -0.903. The second kappa shape index (κ2) is 5.36. The molecule has 0 N–H and O–H groups in total. The molecular formula is C13H23NO5. The molecule has 1 rings (SSSR count). The number of ether oxygens (including phenoxy) is 3. The maximum Gasteiger partial charge on any atom is 0.413 e. The van der Waals surface area contributed by atoms with E-state index in [1.807, 2.05) is 0 Å². The van der Waals surface area contributed by atoms with Crippen LogP contribution in [0.3, 0.4) is 0 Å². The standard InChI is InChI=1S/C13H23NO5/c1-12(2,3)19-11(16)14-9(10(15)17-6)7-8-18-13(14,4)5/h9H,7-8H2,1-6H3. The zero-order chi connectivity index (χ0) is 14.8. The van der Waals surface area contributed by atoms with Gasteiger partial charge in [-0.15, -0.1) is 0 Å². The molecule has 1 unspecified atom stereocenters. The normalized spacial score (nSPS) is 22.8. The van der Waals surface area contributed by atoms with Gasteiger partial charge in [-0.25, -0.2) is 9.59 Å². The van der Waals surface area contributed by atoms with Crippen LogP contribution in [0.15, 0.2) is 0 Å². The van der Waals surface area contributed by atoms with Gasteiger partial charge in [-0.2, -0.15) is 0 Å². The van der Waals surface area contributed by atoms with Crippen LogP contribution in [0.2, 0.25) is 0 Å². The third-order valence-electron chi connectivity index (χ3n) is 2.80. The van der Waals surface area contributed by atoms with Crippen LogP contribution in [0.5, 0.6) is 0 Å². The lowest BCUT2D eigenvalue weighted by molar-refractivity contribution is -0.191. The minimum Gasteiger partial charge on any atom is -0.467 e. The molecular weight excluding hydrogens is 250 g/mol. The first-order chi connectivity index (χ1) is 8.58. The fourth-order valence-corrected chi connectivity index (χ4v) is 2.01. The zero-order valence-corrected chi connectivity index (χ0v) is 12.5. The first-order valence-corrected chi connectivity index (χ1v) is 6.32. The average molecular weight is 273 g/mol. The van der Waals surface area contributed by atoms with Crippen LogP contribution in [0.4, 0.5) is 4.79 Å². The molecule has 1 heterocycles. The van der Waals surface area contributed by atoms with Crippen LogP contribution in [0, 0.1) is 0 Å². The Kier molecular flexibility index (Phi) is 4.45. The van der Waals surface area contributed by atoms with Crippen LogP contribution < -0.4 is 0 Å². The molecule has 0 saturated carbocycles. The molecule has 6 nitrogen and oxygen atoms in total. The number of amides is 1. The first kappa shape index (κ1) is 15.8. The summed E-state index contributed by atoms with van der Waals surface area (Å²) in [5, 5.41) is 0. The molecule has 1 amide bonds. The molecule has 0 aromatic rings. The smallest absolute Gasteiger partial charge is 0.413 e. The highest BCUT2D eigenvalue weighted by Gasteiger charge is 2.46. The molecule has 0 spiro atoms. The zero-order valence-electron chi connectivity index (χ0n) is 12.5. The van der Waals surface area contributed by atoms with Crippen molar-refractivity contribution in [3.63, 3.8) is 0 Å². The van der Waals surface area contributed by atoms with Gasteiger partial charge in [-0.1, -0.05) is 0 Å². The number of hydrogen-bond acceptors (Lipinski definition) is 5. The number of carbonyl (C=O) groups is 2. The van der Waals surface area contributed by atoms with Gasteiger partial charge in [0.05, 0.1) is 13.7 Å². The molecule has 1 aliphatic heterocycles. The molecule has 110 valence electrons. The van der Waals surface area contributed by atoms with E-state index in [2.05, 4.69) is 0 Å². The molecule has 0 aromatic carbocycles. The molecule has 0 radical (unpaired) electrons. The van der Waals surface area contributed by atoms with E-state index in [4.69, 9.17) is 14.2 Å². The monoisotopic (exact) mass is 273 g/mol. The van der Waals surface area contributed by atoms with Gasteiger partial charge in [0.2, 0.25) is 0 Å². The Morgan fingerprint density at radius 3 is 2.37 bits per heavy atom. The summed E-state index contributed by atoms with van der Waals surface area (Å²) in [6.07, 6.45) is -0.178. The lowest BCUT2D eigenvalue weighted by atomic mass is 10.1. The Hall–Kier alpha value is -1.30. The summed E-state index contributed by atoms with van der Waals surface area (Å²) in [5.74, 6) is -0.456. The Morgan fingerprint density at radius 2 is 1.89 bits per heavy atom. The quantitative estimate of drug-likeness (QED) is 0.683. The Labute approximate surface area is 114 Å². The summed E-state index contributed by atoms with van der Waals surface area (Å²) in [4.78, 5) is 25.4. The molecule has 0 aliphatic carbocycles. The maximum absolute atomic E-state index is 12.3. The van der Waals surface area contributed by atoms with Gasteiger partial charge >= 0.3 is 12.1 Å². The van der Waals surface area contributed by atoms with Crippen molar-refractivity contribution in [2.75, 3.05) is 13.7 Å². The molecule has 19 heavy (non-hydrogen) atoms. The van der Waals surface area contributed by atoms with Crippen molar-refractivity contribution in [3.05, 3.63) is 0 Å². The lowest BCUT2D eigenvalue weighted by Crippen LogP contribution is -2.61. The van der Waals surface area contributed by atoms with Crippen LogP contribution in [0.1, 0.15) is 41.0 Å². The summed E-state index contributed by atoms with van der Waals surface area (Å²) >= 11 is 0. The molecule has 1 saturated heterocycles. The van der Waals surface area contributed by atoms with E-state index in [9.17, 15) is 9.59 Å². The van der Waals surface area contributed by atoms with Gasteiger partial charge in [0.1, 0.15) is 17.4 Å². The predicted molar refractivity (Wildman–Crippen MR) is 68.5 cm³/mol. The SMILES string of the molecule is COC(=O)C1CCOC(C)(C)N1C(=O)OC(C)(C)C. The highest BCUT2D eigenvalue weighted by atomic mass is 16.6. The lowest BCUT2D eigenvalue weighted by Gasteiger charge is -2.45. The van der Waals surface area contributed by atoms with Crippen molar-refractivity contribution < 1.29 is 23.8 Å². The highest BCUT2D eigenvalue weighted by molar-refractivity contribution is 5.82. The third kappa shape index (κ3) is 3.83. The molecule has 1 fully saturated rings. The first-order valence-electron chi connectivity index (χ1n) is 6.32. The van der Waals surface area contributed by atoms with Crippen molar-refractivity contribution in [1.29, 1.82) is 0 Å². The second-order valence-electron chi connectivity index (χ2n) is 5.97. The van der Waals surface area contributed by atoms with E-state index in [1.165, 1.54) is 12.0 Å². The average Bonchev–Trinajstić information content (AvgIpc) is 2.23. The largest absolute Gasteiger partial charge is 0.467 e. The van der Waals surface area contributed by atoms with Gasteiger partial charge in [0.25, 0.3) is 0 Å². The van der Waals surface area contributed by atoms with Crippen molar-refractivity contribution >= 4 is 12.1 Å². The molecule has 1 aliphatic rings. The van der Waals surface area contributed by atoms with Crippen molar-refractivity contribution in [3.8, 4) is 0 Å². The fourth-order valence-electron chi connectivity index (χ4n) is 2.01. The van der Waals surface area contributed by atoms with Gasteiger partial charge in [0, 0.05) is 6.42 Å². The Balaban J connectivity index is 2.99. The van der Waals surface area contributed by atoms with Crippen molar-refractivity contribution in [1.82, 2.24) is 4.90 Å². The molecule has 0 aromatic heterocycles. The minimum absolute atomic E-state index is 0.395. The molecule has 0 bridgehead atoms. The van der Waals surface area contributed by atoms with E-state index < -0.39 is 29.4 Å². The third-order valence-corrected chi connectivity index (χ3v) is 2.80. The summed E-state index contributed by atoms with van der Waals surface area (Å²) in [5.41, 5.74) is -1.54. The number of esters is 1. The Bertz CT molecular complexity index is 359. The number of carbonyl (C=O) groups excluding carboxylic acids is 2. The van der Waals surface area contributed by atoms with Crippen LogP contribution >= 0.6 is 0 Å².